The standard InChI is InChI=1S/C19H20ClN5O2S/c1-12(13-7-3-5-9-15(13)20)22-17(26)11-28-19-24-23-18(25(19)21)14-8-4-6-10-16(14)27-2/h3-10,12H,11,21H2,1-2H3,(H,22,26). The molecule has 0 aliphatic rings. The van der Waals surface area contributed by atoms with Gasteiger partial charge in [0, 0.05) is 5.02 Å². The van der Waals surface area contributed by atoms with Crippen LogP contribution in [-0.2, 0) is 4.79 Å². The van der Waals surface area contributed by atoms with E-state index in [0.717, 1.165) is 11.1 Å². The molecule has 1 heterocycles. The summed E-state index contributed by atoms with van der Waals surface area (Å²) in [6.45, 7) is 1.88. The second-order valence-corrected chi connectivity index (χ2v) is 7.33. The van der Waals surface area contributed by atoms with Crippen molar-refractivity contribution in [3.63, 3.8) is 0 Å². The zero-order valence-corrected chi connectivity index (χ0v) is 17.0. The first kappa shape index (κ1) is 20.0. The highest BCUT2D eigenvalue weighted by molar-refractivity contribution is 7.99. The average molecular weight is 418 g/mol. The Hall–Kier alpha value is -2.71. The monoisotopic (exact) mass is 417 g/mol. The number of methoxy groups -OCH3 is 1. The van der Waals surface area contributed by atoms with Gasteiger partial charge in [0.05, 0.1) is 24.5 Å². The van der Waals surface area contributed by atoms with Gasteiger partial charge in [0.1, 0.15) is 5.75 Å². The number of nitrogens with zero attached hydrogens (tertiary/aromatic N) is 3. The third-order valence-electron chi connectivity index (χ3n) is 4.09. The lowest BCUT2D eigenvalue weighted by molar-refractivity contribution is -0.119. The van der Waals surface area contributed by atoms with E-state index in [4.69, 9.17) is 22.2 Å². The Labute approximate surface area is 172 Å². The van der Waals surface area contributed by atoms with Crippen molar-refractivity contribution in [2.45, 2.75) is 18.1 Å². The smallest absolute Gasteiger partial charge is 0.230 e. The van der Waals surface area contributed by atoms with Crippen molar-refractivity contribution in [2.24, 2.45) is 0 Å². The number of hydrogen-bond acceptors (Lipinski definition) is 6. The van der Waals surface area contributed by atoms with E-state index >= 15 is 0 Å². The zero-order valence-electron chi connectivity index (χ0n) is 15.4. The number of aromatic nitrogens is 3. The van der Waals surface area contributed by atoms with E-state index in [0.29, 0.717) is 21.8 Å². The average Bonchev–Trinajstić information content (AvgIpc) is 3.06. The predicted octanol–water partition coefficient (Wildman–Crippen LogP) is 3.29. The molecular weight excluding hydrogens is 398 g/mol. The van der Waals surface area contributed by atoms with Gasteiger partial charge in [-0.1, -0.05) is 53.7 Å². The van der Waals surface area contributed by atoms with Crippen LogP contribution in [0, 0.1) is 0 Å². The fraction of sp³-hybridized carbons (Fsp3) is 0.211. The number of nitrogens with two attached hydrogens (primary N) is 1. The number of para-hydroxylation sites is 1. The number of nitrogen functional groups attached to an aromatic ring is 1. The van der Waals surface area contributed by atoms with Gasteiger partial charge < -0.3 is 15.9 Å². The van der Waals surface area contributed by atoms with Gasteiger partial charge in [0.2, 0.25) is 11.1 Å². The summed E-state index contributed by atoms with van der Waals surface area (Å²) in [7, 11) is 1.58. The van der Waals surface area contributed by atoms with Crippen LogP contribution < -0.4 is 15.9 Å². The molecular formula is C19H20ClN5O2S. The molecule has 0 bridgehead atoms. The van der Waals surface area contributed by atoms with E-state index < -0.39 is 0 Å². The number of nitrogens with one attached hydrogen (secondary N) is 1. The second-order valence-electron chi connectivity index (χ2n) is 5.98. The molecule has 28 heavy (non-hydrogen) atoms. The maximum absolute atomic E-state index is 12.3. The minimum absolute atomic E-state index is 0.149. The van der Waals surface area contributed by atoms with Gasteiger partial charge in [-0.05, 0) is 30.7 Å². The van der Waals surface area contributed by atoms with E-state index in [1.165, 1.54) is 16.4 Å². The SMILES string of the molecule is COc1ccccc1-c1nnc(SCC(=O)NC(C)c2ccccc2Cl)n1N. The molecule has 0 saturated heterocycles. The number of ether oxygens (including phenoxy) is 1. The number of carbonyl (C=O) groups excluding carboxylic acids is 1. The summed E-state index contributed by atoms with van der Waals surface area (Å²) >= 11 is 7.38. The van der Waals surface area contributed by atoms with Crippen LogP contribution in [0.3, 0.4) is 0 Å². The second kappa shape index (κ2) is 8.99. The normalized spacial score (nSPS) is 11.8. The van der Waals surface area contributed by atoms with Crippen LogP contribution in [0.2, 0.25) is 5.02 Å². The molecule has 0 spiro atoms. The molecule has 7 nitrogen and oxygen atoms in total. The van der Waals surface area contributed by atoms with E-state index in [-0.39, 0.29) is 17.7 Å². The topological polar surface area (TPSA) is 95.1 Å². The Kier molecular flexibility index (Phi) is 6.43. The Morgan fingerprint density at radius 2 is 1.96 bits per heavy atom. The first-order valence-corrected chi connectivity index (χ1v) is 9.88. The van der Waals surface area contributed by atoms with Crippen molar-refractivity contribution in [1.29, 1.82) is 0 Å². The predicted molar refractivity (Wildman–Crippen MR) is 111 cm³/mol. The summed E-state index contributed by atoms with van der Waals surface area (Å²) < 4.78 is 6.69. The molecule has 1 amide bonds. The lowest BCUT2D eigenvalue weighted by Crippen LogP contribution is -2.28. The number of benzene rings is 2. The van der Waals surface area contributed by atoms with Gasteiger partial charge in [-0.15, -0.1) is 10.2 Å². The summed E-state index contributed by atoms with van der Waals surface area (Å²) in [5.74, 6) is 7.22. The van der Waals surface area contributed by atoms with Crippen molar-refractivity contribution in [1.82, 2.24) is 20.2 Å². The molecule has 2 aromatic carbocycles. The molecule has 3 aromatic rings. The minimum atomic E-state index is -0.207. The van der Waals surface area contributed by atoms with Gasteiger partial charge in [0.15, 0.2) is 5.82 Å². The molecule has 0 saturated carbocycles. The largest absolute Gasteiger partial charge is 0.496 e. The molecule has 9 heteroatoms. The van der Waals surface area contributed by atoms with Crippen molar-refractivity contribution in [3.8, 4) is 17.1 Å². The number of carbonyl (C=O) groups is 1. The number of amides is 1. The van der Waals surface area contributed by atoms with Gasteiger partial charge in [-0.2, -0.15) is 0 Å². The Bertz CT molecular complexity index is 978. The molecule has 0 radical (unpaired) electrons. The van der Waals surface area contributed by atoms with Crippen LogP contribution in [0.1, 0.15) is 18.5 Å². The molecule has 1 unspecified atom stereocenters. The summed E-state index contributed by atoms with van der Waals surface area (Å²) in [6.07, 6.45) is 0. The summed E-state index contributed by atoms with van der Waals surface area (Å²) in [4.78, 5) is 12.3. The Morgan fingerprint density at radius 3 is 2.71 bits per heavy atom. The zero-order chi connectivity index (χ0) is 20.1. The van der Waals surface area contributed by atoms with Gasteiger partial charge >= 0.3 is 0 Å². The molecule has 0 aliphatic carbocycles. The van der Waals surface area contributed by atoms with E-state index in [2.05, 4.69) is 15.5 Å². The fourth-order valence-corrected chi connectivity index (χ4v) is 3.67. The first-order valence-electron chi connectivity index (χ1n) is 8.51. The van der Waals surface area contributed by atoms with Crippen LogP contribution in [-0.4, -0.2) is 33.6 Å². The van der Waals surface area contributed by atoms with Crippen LogP contribution in [0.5, 0.6) is 5.75 Å². The number of rotatable bonds is 7. The van der Waals surface area contributed by atoms with Crippen molar-refractivity contribution in [3.05, 3.63) is 59.1 Å². The quantitative estimate of drug-likeness (QED) is 0.452. The summed E-state index contributed by atoms with van der Waals surface area (Å²) in [5.41, 5.74) is 1.59. The Balaban J connectivity index is 1.65. The highest BCUT2D eigenvalue weighted by Crippen LogP contribution is 2.29. The van der Waals surface area contributed by atoms with Gasteiger partial charge in [-0.25, -0.2) is 4.68 Å². The molecule has 0 aliphatic heterocycles. The van der Waals surface area contributed by atoms with E-state index in [9.17, 15) is 4.79 Å². The third-order valence-corrected chi connectivity index (χ3v) is 5.38. The molecule has 1 atom stereocenters. The van der Waals surface area contributed by atoms with Crippen LogP contribution in [0.25, 0.3) is 11.4 Å². The van der Waals surface area contributed by atoms with Crippen LogP contribution in [0.4, 0.5) is 0 Å². The number of hydrogen-bond donors (Lipinski definition) is 2. The van der Waals surface area contributed by atoms with E-state index in [1.807, 2.05) is 49.4 Å². The maximum atomic E-state index is 12.3. The Morgan fingerprint density at radius 1 is 1.25 bits per heavy atom. The van der Waals surface area contributed by atoms with Crippen LogP contribution >= 0.6 is 23.4 Å². The van der Waals surface area contributed by atoms with E-state index in [1.54, 1.807) is 13.2 Å². The van der Waals surface area contributed by atoms with Crippen molar-refractivity contribution in [2.75, 3.05) is 18.7 Å². The fourth-order valence-electron chi connectivity index (χ4n) is 2.71. The number of thioether (sulfide) groups is 1. The lowest BCUT2D eigenvalue weighted by atomic mass is 10.1. The molecule has 3 rings (SSSR count). The van der Waals surface area contributed by atoms with Crippen molar-refractivity contribution >= 4 is 29.3 Å². The van der Waals surface area contributed by atoms with Crippen molar-refractivity contribution < 1.29 is 9.53 Å². The number of halogens is 1. The molecule has 3 N–H and O–H groups in total. The molecule has 0 fully saturated rings. The highest BCUT2D eigenvalue weighted by Gasteiger charge is 2.18. The van der Waals surface area contributed by atoms with Gasteiger partial charge in [-0.3, -0.25) is 4.79 Å². The molecule has 146 valence electrons. The summed E-state index contributed by atoms with van der Waals surface area (Å²) in [6, 6.07) is 14.6. The highest BCUT2D eigenvalue weighted by atomic mass is 35.5. The first-order chi connectivity index (χ1) is 13.5. The lowest BCUT2D eigenvalue weighted by Gasteiger charge is -2.15. The van der Waals surface area contributed by atoms with Gasteiger partial charge in [0.25, 0.3) is 0 Å². The third kappa shape index (κ3) is 4.40. The maximum Gasteiger partial charge on any atom is 0.230 e. The minimum Gasteiger partial charge on any atom is -0.496 e. The summed E-state index contributed by atoms with van der Waals surface area (Å²) in [5, 5.41) is 12.2. The van der Waals surface area contributed by atoms with Crippen LogP contribution in [0.15, 0.2) is 53.7 Å². The molecule has 1 aromatic heterocycles.